The van der Waals surface area contributed by atoms with Crippen LogP contribution in [-0.4, -0.2) is 20.2 Å². The predicted octanol–water partition coefficient (Wildman–Crippen LogP) is 2.30. The van der Waals surface area contributed by atoms with Crippen LogP contribution in [0.5, 0.6) is 11.9 Å². The van der Waals surface area contributed by atoms with Gasteiger partial charge in [-0.2, -0.15) is 9.97 Å². The highest BCUT2D eigenvalue weighted by Gasteiger charge is 2.08. The van der Waals surface area contributed by atoms with Gasteiger partial charge in [0.25, 0.3) is 0 Å². The van der Waals surface area contributed by atoms with E-state index in [1.54, 1.807) is 12.1 Å². The van der Waals surface area contributed by atoms with Gasteiger partial charge in [-0.05, 0) is 34.7 Å². The first-order chi connectivity index (χ1) is 6.58. The minimum absolute atomic E-state index is 0.248. The molecule has 0 saturated heterocycles. The number of rotatable bonds is 0. The zero-order chi connectivity index (χ0) is 10.3. The molecule has 0 bridgehead atoms. The van der Waals surface area contributed by atoms with Crippen molar-refractivity contribution in [1.29, 1.82) is 0 Å². The number of benzene rings is 1. The summed E-state index contributed by atoms with van der Waals surface area (Å²) in [6.07, 6.45) is 0. The van der Waals surface area contributed by atoms with Gasteiger partial charge in [0.1, 0.15) is 0 Å². The van der Waals surface area contributed by atoms with E-state index in [1.807, 2.05) is 22.6 Å². The van der Waals surface area contributed by atoms with E-state index in [0.717, 1.165) is 3.57 Å². The first-order valence-corrected chi connectivity index (χ1v) is 5.08. The molecule has 0 saturated carbocycles. The first kappa shape index (κ1) is 9.72. The summed E-state index contributed by atoms with van der Waals surface area (Å²) in [6.45, 7) is 0. The van der Waals surface area contributed by atoms with Gasteiger partial charge in [-0.1, -0.05) is 11.6 Å². The second kappa shape index (κ2) is 3.39. The smallest absolute Gasteiger partial charge is 0.317 e. The number of aromatic nitrogens is 2. The minimum Gasteiger partial charge on any atom is -0.493 e. The van der Waals surface area contributed by atoms with Crippen molar-refractivity contribution in [2.24, 2.45) is 0 Å². The van der Waals surface area contributed by atoms with Crippen LogP contribution in [0.3, 0.4) is 0 Å². The molecular formula is C8H4ClIN2O2. The molecule has 0 aliphatic rings. The maximum absolute atomic E-state index is 9.41. The molecule has 0 unspecified atom stereocenters. The Morgan fingerprint density at radius 3 is 2.64 bits per heavy atom. The van der Waals surface area contributed by atoms with E-state index in [4.69, 9.17) is 16.7 Å². The summed E-state index contributed by atoms with van der Waals surface area (Å²) in [4.78, 5) is 7.16. The lowest BCUT2D eigenvalue weighted by Crippen LogP contribution is -1.86. The molecule has 2 rings (SSSR count). The number of halogens is 2. The summed E-state index contributed by atoms with van der Waals surface area (Å²) in [7, 11) is 0. The van der Waals surface area contributed by atoms with E-state index in [9.17, 15) is 5.11 Å². The van der Waals surface area contributed by atoms with Crippen molar-refractivity contribution in [3.05, 3.63) is 20.7 Å². The van der Waals surface area contributed by atoms with Gasteiger partial charge >= 0.3 is 6.01 Å². The van der Waals surface area contributed by atoms with Crippen molar-refractivity contribution in [2.75, 3.05) is 0 Å². The molecule has 0 atom stereocenters. The minimum atomic E-state index is -0.465. The zero-order valence-corrected chi connectivity index (χ0v) is 9.61. The first-order valence-electron chi connectivity index (χ1n) is 3.62. The van der Waals surface area contributed by atoms with E-state index in [0.29, 0.717) is 15.9 Å². The van der Waals surface area contributed by atoms with Gasteiger partial charge in [0.05, 0.1) is 15.9 Å². The Balaban J connectivity index is 2.89. The van der Waals surface area contributed by atoms with Crippen molar-refractivity contribution < 1.29 is 10.2 Å². The van der Waals surface area contributed by atoms with Crippen LogP contribution in [-0.2, 0) is 0 Å². The Labute approximate surface area is 97.7 Å². The summed E-state index contributed by atoms with van der Waals surface area (Å²) in [5, 5.41) is 19.4. The second-order valence-corrected chi connectivity index (χ2v) is 4.20. The number of fused-ring (bicyclic) bond motifs is 1. The molecule has 6 heteroatoms. The van der Waals surface area contributed by atoms with Crippen LogP contribution < -0.4 is 0 Å². The number of nitrogens with zero attached hydrogens (tertiary/aromatic N) is 2. The molecule has 0 spiro atoms. The summed E-state index contributed by atoms with van der Waals surface area (Å²) in [6, 6.07) is 2.76. The SMILES string of the molecule is Oc1nc(O)c2cc(I)c(Cl)cc2n1. The Bertz CT molecular complexity index is 518. The maximum atomic E-state index is 9.41. The highest BCUT2D eigenvalue weighted by molar-refractivity contribution is 14.1. The average molecular weight is 322 g/mol. The fourth-order valence-electron chi connectivity index (χ4n) is 1.10. The monoisotopic (exact) mass is 322 g/mol. The molecule has 1 heterocycles. The lowest BCUT2D eigenvalue weighted by atomic mass is 10.2. The molecule has 1 aromatic carbocycles. The number of hydrogen-bond donors (Lipinski definition) is 2. The molecule has 4 nitrogen and oxygen atoms in total. The van der Waals surface area contributed by atoms with Crippen LogP contribution in [0.15, 0.2) is 12.1 Å². The largest absolute Gasteiger partial charge is 0.493 e. The van der Waals surface area contributed by atoms with E-state index >= 15 is 0 Å². The van der Waals surface area contributed by atoms with Gasteiger partial charge in [-0.15, -0.1) is 0 Å². The standard InChI is InChI=1S/C8H4ClIN2O2/c9-4-2-6-3(1-5(4)10)7(13)12-8(14)11-6/h1-2H,(H2,11,12,13,14). The number of hydrogen-bond acceptors (Lipinski definition) is 4. The molecular weight excluding hydrogens is 318 g/mol. The van der Waals surface area contributed by atoms with Gasteiger partial charge in [0, 0.05) is 3.57 Å². The molecule has 1 aromatic heterocycles. The van der Waals surface area contributed by atoms with Crippen molar-refractivity contribution in [3.63, 3.8) is 0 Å². The van der Waals surface area contributed by atoms with Gasteiger partial charge in [0.2, 0.25) is 5.88 Å². The van der Waals surface area contributed by atoms with Gasteiger partial charge < -0.3 is 10.2 Å². The van der Waals surface area contributed by atoms with Gasteiger partial charge in [-0.25, -0.2) is 0 Å². The van der Waals surface area contributed by atoms with Crippen LogP contribution in [0.4, 0.5) is 0 Å². The normalized spacial score (nSPS) is 10.7. The Hall–Kier alpha value is -0.820. The van der Waals surface area contributed by atoms with Crippen molar-refractivity contribution in [1.82, 2.24) is 9.97 Å². The van der Waals surface area contributed by atoms with Crippen molar-refractivity contribution >= 4 is 45.1 Å². The second-order valence-electron chi connectivity index (χ2n) is 2.63. The molecule has 0 amide bonds. The Morgan fingerprint density at radius 1 is 1.21 bits per heavy atom. The van der Waals surface area contributed by atoms with Crippen molar-refractivity contribution in [2.45, 2.75) is 0 Å². The van der Waals surface area contributed by atoms with E-state index < -0.39 is 6.01 Å². The van der Waals surface area contributed by atoms with Crippen LogP contribution >= 0.6 is 34.2 Å². The molecule has 2 aromatic rings. The highest BCUT2D eigenvalue weighted by atomic mass is 127. The fourth-order valence-corrected chi connectivity index (χ4v) is 1.72. The third kappa shape index (κ3) is 1.57. The average Bonchev–Trinajstić information content (AvgIpc) is 2.08. The van der Waals surface area contributed by atoms with E-state index in [-0.39, 0.29) is 5.88 Å². The Kier molecular flexibility index (Phi) is 2.36. The quantitative estimate of drug-likeness (QED) is 0.731. The van der Waals surface area contributed by atoms with Gasteiger partial charge in [-0.3, -0.25) is 0 Å². The van der Waals surface area contributed by atoms with Gasteiger partial charge in [0.15, 0.2) is 0 Å². The third-order valence-corrected chi connectivity index (χ3v) is 3.23. The topological polar surface area (TPSA) is 66.2 Å². The van der Waals surface area contributed by atoms with E-state index in [2.05, 4.69) is 9.97 Å². The molecule has 2 N–H and O–H groups in total. The highest BCUT2D eigenvalue weighted by Crippen LogP contribution is 2.29. The molecule has 0 aliphatic heterocycles. The summed E-state index contributed by atoms with van der Waals surface area (Å²) >= 11 is 7.90. The number of aromatic hydroxyl groups is 2. The summed E-state index contributed by atoms with van der Waals surface area (Å²) in [5.74, 6) is -0.248. The molecule has 0 radical (unpaired) electrons. The lowest BCUT2D eigenvalue weighted by molar-refractivity contribution is 0.403. The van der Waals surface area contributed by atoms with Crippen molar-refractivity contribution in [3.8, 4) is 11.9 Å². The van der Waals surface area contributed by atoms with E-state index in [1.165, 1.54) is 0 Å². The fraction of sp³-hybridized carbons (Fsp3) is 0. The Morgan fingerprint density at radius 2 is 1.93 bits per heavy atom. The summed E-state index contributed by atoms with van der Waals surface area (Å²) < 4.78 is 0.793. The molecule has 14 heavy (non-hydrogen) atoms. The molecule has 0 fully saturated rings. The van der Waals surface area contributed by atoms with Crippen LogP contribution in [0.25, 0.3) is 10.9 Å². The van der Waals surface area contributed by atoms with Crippen LogP contribution in [0.2, 0.25) is 5.02 Å². The maximum Gasteiger partial charge on any atom is 0.317 e. The predicted molar refractivity (Wildman–Crippen MR) is 60.6 cm³/mol. The zero-order valence-electron chi connectivity index (χ0n) is 6.70. The van der Waals surface area contributed by atoms with Crippen LogP contribution in [0.1, 0.15) is 0 Å². The van der Waals surface area contributed by atoms with Crippen LogP contribution in [0, 0.1) is 3.57 Å². The third-order valence-electron chi connectivity index (χ3n) is 1.71. The molecule has 0 aliphatic carbocycles. The molecule has 72 valence electrons. The lowest BCUT2D eigenvalue weighted by Gasteiger charge is -2.02. The summed E-state index contributed by atoms with van der Waals surface area (Å²) in [5.41, 5.74) is 0.417.